The Morgan fingerprint density at radius 3 is 1.61 bits per heavy atom. The van der Waals surface area contributed by atoms with Crippen molar-refractivity contribution >= 4 is 82.5 Å². The second kappa shape index (κ2) is 16.6. The molecule has 2 atom stereocenters. The highest BCUT2D eigenvalue weighted by Crippen LogP contribution is 2.47. The van der Waals surface area contributed by atoms with Gasteiger partial charge in [0.2, 0.25) is 0 Å². The van der Waals surface area contributed by atoms with E-state index < -0.39 is 0 Å². The Morgan fingerprint density at radius 1 is 0.788 bits per heavy atom. The van der Waals surface area contributed by atoms with E-state index in [9.17, 15) is 9.59 Å². The number of ether oxygens (including phenoxy) is 2. The molecular formula is C23H32O4S6. The largest absolute Gasteiger partial charge is 0.457 e. The fraction of sp³-hybridized carbons (Fsp3) is 0.565. The number of carbonyl (C=O) groups excluding carboxylic acids is 2. The van der Waals surface area contributed by atoms with Gasteiger partial charge >= 0.3 is 11.9 Å². The summed E-state index contributed by atoms with van der Waals surface area (Å²) in [6.45, 7) is 11.8. The second-order valence-corrected chi connectivity index (χ2v) is 15.4. The first-order valence-corrected chi connectivity index (χ1v) is 16.6. The van der Waals surface area contributed by atoms with Gasteiger partial charge in [-0.15, -0.1) is 47.0 Å². The maximum Gasteiger partial charge on any atom is 0.330 e. The lowest BCUT2D eigenvalue weighted by Crippen LogP contribution is -2.04. The molecule has 33 heavy (non-hydrogen) atoms. The van der Waals surface area contributed by atoms with E-state index in [0.29, 0.717) is 22.4 Å². The molecule has 0 fully saturated rings. The average molecular weight is 565 g/mol. The molecule has 0 aliphatic carbocycles. The summed E-state index contributed by atoms with van der Waals surface area (Å²) >= 11 is 11.5. The Hall–Kier alpha value is -0.000000000000000222. The van der Waals surface area contributed by atoms with Gasteiger partial charge < -0.3 is 9.47 Å². The fourth-order valence-corrected chi connectivity index (χ4v) is 11.5. The molecule has 0 radical (unpaired) electrons. The van der Waals surface area contributed by atoms with Crippen molar-refractivity contribution in [2.45, 2.75) is 42.3 Å². The lowest BCUT2D eigenvalue weighted by atomic mass is 10.3. The number of esters is 2. The molecule has 0 bridgehead atoms. The zero-order chi connectivity index (χ0) is 24.1. The molecule has 2 aliphatic heterocycles. The predicted molar refractivity (Wildman–Crippen MR) is 154 cm³/mol. The summed E-state index contributed by atoms with van der Waals surface area (Å²) in [5, 5.41) is 0. The molecule has 0 aromatic heterocycles. The van der Waals surface area contributed by atoms with Gasteiger partial charge in [0.1, 0.15) is 13.2 Å². The monoisotopic (exact) mass is 564 g/mol. The van der Waals surface area contributed by atoms with Gasteiger partial charge in [-0.25, -0.2) is 9.59 Å². The van der Waals surface area contributed by atoms with E-state index in [4.69, 9.17) is 9.47 Å². The van der Waals surface area contributed by atoms with Gasteiger partial charge in [-0.05, 0) is 48.0 Å². The summed E-state index contributed by atoms with van der Waals surface area (Å²) in [4.78, 5) is 27.4. The first-order valence-electron chi connectivity index (χ1n) is 10.7. The van der Waals surface area contributed by atoms with Crippen molar-refractivity contribution < 1.29 is 19.1 Å². The predicted octanol–water partition coefficient (Wildman–Crippen LogP) is 7.16. The SMILES string of the molecule is C=CC(=O)OCC1=C(C)SC(CSCCCCCSCC2SC(C)=C(COC(=O)C=C)S2)S1. The molecule has 0 amide bonds. The van der Waals surface area contributed by atoms with Crippen molar-refractivity contribution in [2.75, 3.05) is 36.2 Å². The summed E-state index contributed by atoms with van der Waals surface area (Å²) in [7, 11) is 0. The van der Waals surface area contributed by atoms with Gasteiger partial charge in [0.05, 0.1) is 9.16 Å². The van der Waals surface area contributed by atoms with Crippen molar-refractivity contribution in [3.63, 3.8) is 0 Å². The molecule has 4 nitrogen and oxygen atoms in total. The number of thioether (sulfide) groups is 6. The Balaban J connectivity index is 1.43. The molecule has 0 aromatic rings. The Kier molecular flexibility index (Phi) is 14.7. The van der Waals surface area contributed by atoms with E-state index in [2.05, 4.69) is 27.0 Å². The summed E-state index contributed by atoms with van der Waals surface area (Å²) in [5.74, 6) is 3.92. The average Bonchev–Trinajstić information content (AvgIpc) is 3.35. The van der Waals surface area contributed by atoms with Gasteiger partial charge in [-0.3, -0.25) is 0 Å². The van der Waals surface area contributed by atoms with Crippen LogP contribution in [0.4, 0.5) is 0 Å². The highest BCUT2D eigenvalue weighted by molar-refractivity contribution is 8.24. The van der Waals surface area contributed by atoms with Crippen molar-refractivity contribution in [1.82, 2.24) is 0 Å². The van der Waals surface area contributed by atoms with Gasteiger partial charge in [0.15, 0.2) is 0 Å². The highest BCUT2D eigenvalue weighted by atomic mass is 32.2. The van der Waals surface area contributed by atoms with Crippen LogP contribution in [0.5, 0.6) is 0 Å². The number of unbranched alkanes of at least 4 members (excludes halogenated alkanes) is 2. The quantitative estimate of drug-likeness (QED) is 0.110. The van der Waals surface area contributed by atoms with Crippen LogP contribution in [0, 0.1) is 0 Å². The normalized spacial score (nSPS) is 20.3. The first kappa shape index (κ1) is 29.2. The molecule has 0 saturated carbocycles. The van der Waals surface area contributed by atoms with Crippen LogP contribution in [0.1, 0.15) is 33.1 Å². The van der Waals surface area contributed by atoms with Crippen molar-refractivity contribution in [3.8, 4) is 0 Å². The van der Waals surface area contributed by atoms with Gasteiger partial charge in [0, 0.05) is 33.5 Å². The molecule has 184 valence electrons. The van der Waals surface area contributed by atoms with Crippen LogP contribution in [-0.2, 0) is 19.1 Å². The first-order chi connectivity index (χ1) is 15.9. The molecular weight excluding hydrogens is 533 g/mol. The third kappa shape index (κ3) is 11.5. The molecule has 2 heterocycles. The van der Waals surface area contributed by atoms with Crippen molar-refractivity contribution in [2.24, 2.45) is 0 Å². The summed E-state index contributed by atoms with van der Waals surface area (Å²) in [5.41, 5.74) is 0. The van der Waals surface area contributed by atoms with E-state index in [-0.39, 0.29) is 11.9 Å². The Labute approximate surface area is 223 Å². The standard InChI is InChI=1S/C23H32O4S6/c1-5-20(24)26-12-18-16(3)30-22(32-18)14-28-10-8-7-9-11-29-15-23-31-17(4)19(33-23)13-27-21(25)6-2/h5-6,22-23H,1-2,7-15H2,3-4H3. The van der Waals surface area contributed by atoms with Gasteiger partial charge in [0.25, 0.3) is 0 Å². The van der Waals surface area contributed by atoms with Crippen LogP contribution in [0.2, 0.25) is 0 Å². The highest BCUT2D eigenvalue weighted by Gasteiger charge is 2.25. The van der Waals surface area contributed by atoms with Crippen LogP contribution in [0.3, 0.4) is 0 Å². The number of hydrogen-bond acceptors (Lipinski definition) is 10. The minimum atomic E-state index is -0.360. The smallest absolute Gasteiger partial charge is 0.330 e. The minimum Gasteiger partial charge on any atom is -0.457 e. The topological polar surface area (TPSA) is 52.6 Å². The van der Waals surface area contributed by atoms with E-state index in [1.807, 2.05) is 70.6 Å². The van der Waals surface area contributed by atoms with Crippen LogP contribution < -0.4 is 0 Å². The Morgan fingerprint density at radius 2 is 1.21 bits per heavy atom. The molecule has 2 rings (SSSR count). The number of carbonyl (C=O) groups is 2. The molecule has 2 unspecified atom stereocenters. The minimum absolute atomic E-state index is 0.360. The van der Waals surface area contributed by atoms with E-state index in [1.165, 1.54) is 62.5 Å². The van der Waals surface area contributed by atoms with E-state index in [1.54, 1.807) is 0 Å². The van der Waals surface area contributed by atoms with Crippen LogP contribution in [0.15, 0.2) is 44.9 Å². The zero-order valence-electron chi connectivity index (χ0n) is 19.2. The third-order valence-corrected chi connectivity index (χ3v) is 13.4. The van der Waals surface area contributed by atoms with Crippen molar-refractivity contribution in [3.05, 3.63) is 44.9 Å². The van der Waals surface area contributed by atoms with E-state index in [0.717, 1.165) is 11.5 Å². The number of allylic oxidation sites excluding steroid dienone is 2. The summed E-state index contributed by atoms with van der Waals surface area (Å²) in [6, 6.07) is 0. The van der Waals surface area contributed by atoms with Crippen LogP contribution in [0.25, 0.3) is 0 Å². The number of hydrogen-bond donors (Lipinski definition) is 0. The molecule has 10 heteroatoms. The van der Waals surface area contributed by atoms with E-state index >= 15 is 0 Å². The van der Waals surface area contributed by atoms with Gasteiger partial charge in [-0.2, -0.15) is 23.5 Å². The van der Waals surface area contributed by atoms with Gasteiger partial charge in [-0.1, -0.05) is 19.6 Å². The fourth-order valence-electron chi connectivity index (χ4n) is 2.80. The van der Waals surface area contributed by atoms with Crippen molar-refractivity contribution in [1.29, 1.82) is 0 Å². The molecule has 0 aromatic carbocycles. The zero-order valence-corrected chi connectivity index (χ0v) is 24.1. The molecule has 0 N–H and O–H groups in total. The molecule has 0 spiro atoms. The van der Waals surface area contributed by atoms with Crippen LogP contribution in [-0.4, -0.2) is 57.3 Å². The third-order valence-electron chi connectivity index (χ3n) is 4.56. The molecule has 2 aliphatic rings. The molecule has 0 saturated heterocycles. The summed E-state index contributed by atoms with van der Waals surface area (Å²) < 4.78 is 11.4. The maximum atomic E-state index is 11.2. The lowest BCUT2D eigenvalue weighted by Gasteiger charge is -2.10. The maximum absolute atomic E-state index is 11.2. The Bertz CT molecular complexity index is 702. The number of rotatable bonds is 16. The van der Waals surface area contributed by atoms with Crippen LogP contribution >= 0.6 is 70.6 Å². The second-order valence-electron chi connectivity index (χ2n) is 7.12. The summed E-state index contributed by atoms with van der Waals surface area (Å²) in [6.07, 6.45) is 6.21. The lowest BCUT2D eigenvalue weighted by molar-refractivity contribution is -0.137.